The molecule has 0 saturated heterocycles. The van der Waals surface area contributed by atoms with Crippen molar-refractivity contribution in [3.05, 3.63) is 41.6 Å². The third-order valence-corrected chi connectivity index (χ3v) is 3.40. The Kier molecular flexibility index (Phi) is 2.23. The van der Waals surface area contributed by atoms with Gasteiger partial charge in [0.1, 0.15) is 16.9 Å². The number of para-hydroxylation sites is 1. The highest BCUT2D eigenvalue weighted by atomic mass is 32.1. The van der Waals surface area contributed by atoms with Crippen LogP contribution in [0.1, 0.15) is 5.69 Å². The Morgan fingerprint density at radius 1 is 1.31 bits per heavy atom. The fraction of sp³-hybridized carbons (Fsp3) is 0.0833. The van der Waals surface area contributed by atoms with Crippen molar-refractivity contribution < 1.29 is 4.42 Å². The van der Waals surface area contributed by atoms with Gasteiger partial charge in [0, 0.05) is 17.3 Å². The predicted molar refractivity (Wildman–Crippen MR) is 65.2 cm³/mol. The fourth-order valence-corrected chi connectivity index (χ4v) is 2.52. The molecule has 0 radical (unpaired) electrons. The zero-order valence-corrected chi connectivity index (χ0v) is 9.33. The van der Waals surface area contributed by atoms with Gasteiger partial charge < -0.3 is 10.2 Å². The number of thiazole rings is 1. The summed E-state index contributed by atoms with van der Waals surface area (Å²) in [5.74, 6) is 0. The molecule has 0 aliphatic heterocycles. The van der Waals surface area contributed by atoms with E-state index in [4.69, 9.17) is 10.2 Å². The summed E-state index contributed by atoms with van der Waals surface area (Å²) in [6.07, 6.45) is 1.75. The first kappa shape index (κ1) is 9.57. The number of hydrogen-bond acceptors (Lipinski definition) is 4. The standard InChI is InChI=1S/C12H10N2OS/c13-5-8-7-16-12(14-8)10-6-15-11-4-2-1-3-9(10)11/h1-4,6-7H,5,13H2. The molecule has 0 fully saturated rings. The highest BCUT2D eigenvalue weighted by Crippen LogP contribution is 2.32. The minimum absolute atomic E-state index is 0.478. The van der Waals surface area contributed by atoms with Crippen LogP contribution < -0.4 is 5.73 Å². The normalized spacial score (nSPS) is 11.1. The summed E-state index contributed by atoms with van der Waals surface area (Å²) in [4.78, 5) is 4.45. The van der Waals surface area contributed by atoms with Crippen molar-refractivity contribution in [2.45, 2.75) is 6.54 Å². The Labute approximate surface area is 96.5 Å². The Balaban J connectivity index is 2.18. The molecule has 0 atom stereocenters. The van der Waals surface area contributed by atoms with Gasteiger partial charge in [-0.2, -0.15) is 0 Å². The van der Waals surface area contributed by atoms with Crippen LogP contribution in [0, 0.1) is 0 Å². The van der Waals surface area contributed by atoms with Crippen LogP contribution in [-0.4, -0.2) is 4.98 Å². The average Bonchev–Trinajstić information content (AvgIpc) is 2.94. The topological polar surface area (TPSA) is 52.0 Å². The van der Waals surface area contributed by atoms with Crippen molar-refractivity contribution in [2.24, 2.45) is 5.73 Å². The number of benzene rings is 1. The monoisotopic (exact) mass is 230 g/mol. The van der Waals surface area contributed by atoms with Gasteiger partial charge in [-0.1, -0.05) is 18.2 Å². The minimum atomic E-state index is 0.478. The summed E-state index contributed by atoms with van der Waals surface area (Å²) in [5.41, 5.74) is 8.40. The lowest BCUT2D eigenvalue weighted by Crippen LogP contribution is -1.95. The van der Waals surface area contributed by atoms with E-state index in [1.807, 2.05) is 29.6 Å². The molecule has 2 aromatic heterocycles. The molecule has 80 valence electrons. The maximum Gasteiger partial charge on any atom is 0.134 e. The molecule has 3 aromatic rings. The van der Waals surface area contributed by atoms with Gasteiger partial charge >= 0.3 is 0 Å². The third kappa shape index (κ3) is 1.43. The summed E-state index contributed by atoms with van der Waals surface area (Å²) in [5, 5.41) is 4.04. The molecule has 0 aliphatic rings. The summed E-state index contributed by atoms with van der Waals surface area (Å²) in [6, 6.07) is 7.95. The van der Waals surface area contributed by atoms with E-state index in [0.29, 0.717) is 6.54 Å². The Hall–Kier alpha value is -1.65. The maximum atomic E-state index is 5.55. The van der Waals surface area contributed by atoms with Crippen LogP contribution in [-0.2, 0) is 6.54 Å². The number of aromatic nitrogens is 1. The Bertz CT molecular complexity index is 627. The highest BCUT2D eigenvalue weighted by molar-refractivity contribution is 7.13. The van der Waals surface area contributed by atoms with Crippen LogP contribution in [0.15, 0.2) is 40.3 Å². The lowest BCUT2D eigenvalue weighted by Gasteiger charge is -1.91. The van der Waals surface area contributed by atoms with E-state index >= 15 is 0 Å². The van der Waals surface area contributed by atoms with Gasteiger partial charge in [0.15, 0.2) is 0 Å². The Morgan fingerprint density at radius 2 is 2.19 bits per heavy atom. The number of furan rings is 1. The first-order valence-corrected chi connectivity index (χ1v) is 5.87. The van der Waals surface area contributed by atoms with Crippen LogP contribution in [0.4, 0.5) is 0 Å². The molecule has 0 bridgehead atoms. The SMILES string of the molecule is NCc1csc(-c2coc3ccccc23)n1. The maximum absolute atomic E-state index is 5.55. The van der Waals surface area contributed by atoms with E-state index < -0.39 is 0 Å². The minimum Gasteiger partial charge on any atom is -0.464 e. The summed E-state index contributed by atoms with van der Waals surface area (Å²) >= 11 is 1.60. The number of rotatable bonds is 2. The molecule has 3 nitrogen and oxygen atoms in total. The van der Waals surface area contributed by atoms with Crippen molar-refractivity contribution in [2.75, 3.05) is 0 Å². The number of nitrogens with two attached hydrogens (primary N) is 1. The number of fused-ring (bicyclic) bond motifs is 1. The molecular weight excluding hydrogens is 220 g/mol. The van der Waals surface area contributed by atoms with Gasteiger partial charge in [-0.25, -0.2) is 4.98 Å². The van der Waals surface area contributed by atoms with Crippen LogP contribution in [0.3, 0.4) is 0 Å². The molecule has 1 aromatic carbocycles. The fourth-order valence-electron chi connectivity index (χ4n) is 1.67. The molecular formula is C12H10N2OS. The third-order valence-electron chi connectivity index (χ3n) is 2.47. The summed E-state index contributed by atoms with van der Waals surface area (Å²) < 4.78 is 5.48. The van der Waals surface area contributed by atoms with Crippen LogP contribution >= 0.6 is 11.3 Å². The zero-order valence-electron chi connectivity index (χ0n) is 8.51. The van der Waals surface area contributed by atoms with E-state index in [1.165, 1.54) is 0 Å². The molecule has 0 unspecified atom stereocenters. The predicted octanol–water partition coefficient (Wildman–Crippen LogP) is 3.02. The molecule has 16 heavy (non-hydrogen) atoms. The second kappa shape index (κ2) is 3.73. The van der Waals surface area contributed by atoms with Crippen LogP contribution in [0.5, 0.6) is 0 Å². The van der Waals surface area contributed by atoms with E-state index in [9.17, 15) is 0 Å². The molecule has 3 rings (SSSR count). The molecule has 4 heteroatoms. The zero-order chi connectivity index (χ0) is 11.0. The van der Waals surface area contributed by atoms with Crippen molar-refractivity contribution in [3.63, 3.8) is 0 Å². The average molecular weight is 230 g/mol. The molecule has 0 aliphatic carbocycles. The number of nitrogens with zero attached hydrogens (tertiary/aromatic N) is 1. The van der Waals surface area contributed by atoms with Crippen LogP contribution in [0.25, 0.3) is 21.5 Å². The van der Waals surface area contributed by atoms with Gasteiger partial charge in [-0.15, -0.1) is 11.3 Å². The van der Waals surface area contributed by atoms with Gasteiger partial charge in [-0.05, 0) is 6.07 Å². The smallest absolute Gasteiger partial charge is 0.134 e. The first-order valence-electron chi connectivity index (χ1n) is 4.99. The molecule has 0 spiro atoms. The Morgan fingerprint density at radius 3 is 3.00 bits per heavy atom. The summed E-state index contributed by atoms with van der Waals surface area (Å²) in [6.45, 7) is 0.478. The highest BCUT2D eigenvalue weighted by Gasteiger charge is 2.10. The van der Waals surface area contributed by atoms with Gasteiger partial charge in [0.05, 0.1) is 11.3 Å². The summed E-state index contributed by atoms with van der Waals surface area (Å²) in [7, 11) is 0. The molecule has 2 heterocycles. The molecule has 0 amide bonds. The van der Waals surface area contributed by atoms with Crippen molar-refractivity contribution >= 4 is 22.3 Å². The quantitative estimate of drug-likeness (QED) is 0.736. The lowest BCUT2D eigenvalue weighted by molar-refractivity contribution is 0.617. The lowest BCUT2D eigenvalue weighted by atomic mass is 10.2. The van der Waals surface area contributed by atoms with E-state index in [0.717, 1.165) is 27.2 Å². The second-order valence-corrected chi connectivity index (χ2v) is 4.35. The van der Waals surface area contributed by atoms with Crippen molar-refractivity contribution in [1.82, 2.24) is 4.98 Å². The van der Waals surface area contributed by atoms with Crippen molar-refractivity contribution in [1.29, 1.82) is 0 Å². The number of hydrogen-bond donors (Lipinski definition) is 1. The van der Waals surface area contributed by atoms with Crippen molar-refractivity contribution in [3.8, 4) is 10.6 Å². The van der Waals surface area contributed by atoms with E-state index in [-0.39, 0.29) is 0 Å². The first-order chi connectivity index (χ1) is 7.88. The molecule has 0 saturated carbocycles. The molecule has 2 N–H and O–H groups in total. The van der Waals surface area contributed by atoms with E-state index in [2.05, 4.69) is 4.98 Å². The van der Waals surface area contributed by atoms with Gasteiger partial charge in [-0.3, -0.25) is 0 Å². The second-order valence-electron chi connectivity index (χ2n) is 3.49. The largest absolute Gasteiger partial charge is 0.464 e. The van der Waals surface area contributed by atoms with E-state index in [1.54, 1.807) is 17.6 Å². The van der Waals surface area contributed by atoms with Gasteiger partial charge in [0.25, 0.3) is 0 Å². The van der Waals surface area contributed by atoms with Gasteiger partial charge in [0.2, 0.25) is 0 Å². The van der Waals surface area contributed by atoms with Crippen LogP contribution in [0.2, 0.25) is 0 Å².